The van der Waals surface area contributed by atoms with Gasteiger partial charge in [0.25, 0.3) is 5.91 Å². The molecule has 2 heterocycles. The van der Waals surface area contributed by atoms with Gasteiger partial charge < -0.3 is 0 Å². The zero-order chi connectivity index (χ0) is 16.4. The lowest BCUT2D eigenvalue weighted by Crippen LogP contribution is -2.11. The maximum Gasteiger partial charge on any atom is 0.269 e. The third kappa shape index (κ3) is 3.98. The summed E-state index contributed by atoms with van der Waals surface area (Å²) in [6.07, 6.45) is 6.78. The molecule has 0 bridgehead atoms. The van der Waals surface area contributed by atoms with Gasteiger partial charge in [-0.3, -0.25) is 10.1 Å². The molecule has 0 spiro atoms. The van der Waals surface area contributed by atoms with Crippen LogP contribution in [0, 0.1) is 12.8 Å². The van der Waals surface area contributed by atoms with Crippen molar-refractivity contribution < 1.29 is 4.79 Å². The highest BCUT2D eigenvalue weighted by Crippen LogP contribution is 2.30. The Morgan fingerprint density at radius 3 is 2.74 bits per heavy atom. The zero-order valence-electron chi connectivity index (χ0n) is 13.9. The van der Waals surface area contributed by atoms with Crippen molar-refractivity contribution in [2.75, 3.05) is 5.32 Å². The number of aromatic nitrogens is 2. The van der Waals surface area contributed by atoms with Crippen molar-refractivity contribution in [2.24, 2.45) is 5.92 Å². The summed E-state index contributed by atoms with van der Waals surface area (Å²) in [6, 6.07) is 0. The summed E-state index contributed by atoms with van der Waals surface area (Å²) in [5.74, 6) is 0.477. The van der Waals surface area contributed by atoms with E-state index in [9.17, 15) is 4.79 Å². The number of carbonyl (C=O) groups excluding carboxylic acids is 1. The van der Waals surface area contributed by atoms with E-state index in [4.69, 9.17) is 0 Å². The van der Waals surface area contributed by atoms with E-state index >= 15 is 0 Å². The van der Waals surface area contributed by atoms with Crippen LogP contribution in [0.5, 0.6) is 0 Å². The topological polar surface area (TPSA) is 54.9 Å². The van der Waals surface area contributed by atoms with E-state index in [-0.39, 0.29) is 5.91 Å². The number of amides is 1. The van der Waals surface area contributed by atoms with E-state index in [1.807, 2.05) is 6.92 Å². The molecule has 0 saturated heterocycles. The average Bonchev–Trinajstić information content (AvgIpc) is 2.94. The van der Waals surface area contributed by atoms with Gasteiger partial charge in [0.1, 0.15) is 4.88 Å². The fraction of sp³-hybridized carbons (Fsp3) is 0.588. The first kappa shape index (κ1) is 16.6. The van der Waals surface area contributed by atoms with Crippen LogP contribution in [-0.4, -0.2) is 15.9 Å². The van der Waals surface area contributed by atoms with E-state index in [0.29, 0.717) is 10.8 Å². The van der Waals surface area contributed by atoms with Gasteiger partial charge in [0.05, 0.1) is 16.4 Å². The molecule has 2 aromatic heterocycles. The van der Waals surface area contributed by atoms with Crippen LogP contribution in [-0.2, 0) is 19.3 Å². The SMILES string of the molecule is Cc1nc(CC(C)C)sc1C(=O)Nc1nc2c(s1)CCCCC2. The van der Waals surface area contributed by atoms with E-state index in [0.717, 1.165) is 35.1 Å². The van der Waals surface area contributed by atoms with Gasteiger partial charge in [-0.05, 0) is 38.5 Å². The molecule has 1 aliphatic rings. The van der Waals surface area contributed by atoms with Crippen LogP contribution in [0.1, 0.15) is 64.1 Å². The third-order valence-corrected chi connectivity index (χ3v) is 6.20. The minimum Gasteiger partial charge on any atom is -0.297 e. The van der Waals surface area contributed by atoms with Gasteiger partial charge in [-0.25, -0.2) is 9.97 Å². The largest absolute Gasteiger partial charge is 0.297 e. The van der Waals surface area contributed by atoms with Crippen molar-refractivity contribution in [3.8, 4) is 0 Å². The normalized spacial score (nSPS) is 14.6. The van der Waals surface area contributed by atoms with Crippen LogP contribution in [0.25, 0.3) is 0 Å². The van der Waals surface area contributed by atoms with Gasteiger partial charge in [0, 0.05) is 11.3 Å². The summed E-state index contributed by atoms with van der Waals surface area (Å²) in [6.45, 7) is 6.24. The van der Waals surface area contributed by atoms with Gasteiger partial charge in [0.2, 0.25) is 0 Å². The number of thiazole rings is 2. The maximum absolute atomic E-state index is 12.5. The maximum atomic E-state index is 12.5. The molecule has 0 radical (unpaired) electrons. The Labute approximate surface area is 145 Å². The molecule has 0 fully saturated rings. The molecule has 0 aromatic carbocycles. The number of aryl methyl sites for hydroxylation is 3. The van der Waals surface area contributed by atoms with Gasteiger partial charge in [-0.15, -0.1) is 22.7 Å². The Balaban J connectivity index is 1.73. The van der Waals surface area contributed by atoms with Crippen LogP contribution < -0.4 is 5.32 Å². The molecular weight excluding hydrogens is 326 g/mol. The molecule has 2 aromatic rings. The molecule has 6 heteroatoms. The first-order valence-corrected chi connectivity index (χ1v) is 9.92. The van der Waals surface area contributed by atoms with Crippen LogP contribution >= 0.6 is 22.7 Å². The van der Waals surface area contributed by atoms with E-state index < -0.39 is 0 Å². The molecule has 0 atom stereocenters. The molecule has 23 heavy (non-hydrogen) atoms. The average molecular weight is 350 g/mol. The molecule has 1 N–H and O–H groups in total. The van der Waals surface area contributed by atoms with Crippen molar-refractivity contribution in [3.63, 3.8) is 0 Å². The number of hydrogen-bond donors (Lipinski definition) is 1. The lowest BCUT2D eigenvalue weighted by atomic mass is 10.1. The molecule has 1 aliphatic carbocycles. The second-order valence-corrected chi connectivity index (χ2v) is 8.69. The predicted octanol–water partition coefficient (Wildman–Crippen LogP) is 4.63. The van der Waals surface area contributed by atoms with Crippen molar-refractivity contribution in [1.82, 2.24) is 9.97 Å². The molecule has 0 aliphatic heterocycles. The van der Waals surface area contributed by atoms with Crippen LogP contribution in [0.15, 0.2) is 0 Å². The Kier molecular flexibility index (Phi) is 5.11. The van der Waals surface area contributed by atoms with Gasteiger partial charge in [-0.1, -0.05) is 20.3 Å². The summed E-state index contributed by atoms with van der Waals surface area (Å²) < 4.78 is 0. The van der Waals surface area contributed by atoms with Crippen molar-refractivity contribution in [1.29, 1.82) is 0 Å². The van der Waals surface area contributed by atoms with Gasteiger partial charge in [-0.2, -0.15) is 0 Å². The monoisotopic (exact) mass is 349 g/mol. The molecule has 1 amide bonds. The van der Waals surface area contributed by atoms with Crippen LogP contribution in [0.2, 0.25) is 0 Å². The number of nitrogens with zero attached hydrogens (tertiary/aromatic N) is 2. The predicted molar refractivity (Wildman–Crippen MR) is 96.7 cm³/mol. The first-order chi connectivity index (χ1) is 11.0. The van der Waals surface area contributed by atoms with Crippen molar-refractivity contribution >= 4 is 33.7 Å². The van der Waals surface area contributed by atoms with Crippen LogP contribution in [0.3, 0.4) is 0 Å². The summed E-state index contributed by atoms with van der Waals surface area (Å²) >= 11 is 3.14. The Morgan fingerprint density at radius 2 is 1.96 bits per heavy atom. The molecule has 124 valence electrons. The highest BCUT2D eigenvalue weighted by molar-refractivity contribution is 7.16. The highest BCUT2D eigenvalue weighted by atomic mass is 32.1. The highest BCUT2D eigenvalue weighted by Gasteiger charge is 2.19. The molecule has 4 nitrogen and oxygen atoms in total. The van der Waals surface area contributed by atoms with Crippen molar-refractivity contribution in [3.05, 3.63) is 26.1 Å². The molecular formula is C17H23N3OS2. The molecule has 3 rings (SSSR count). The zero-order valence-corrected chi connectivity index (χ0v) is 15.6. The summed E-state index contributed by atoms with van der Waals surface area (Å²) in [7, 11) is 0. The Hall–Kier alpha value is -1.27. The lowest BCUT2D eigenvalue weighted by Gasteiger charge is -2.00. The van der Waals surface area contributed by atoms with Crippen LogP contribution in [0.4, 0.5) is 5.13 Å². The summed E-state index contributed by atoms with van der Waals surface area (Å²) in [5.41, 5.74) is 2.01. The van der Waals surface area contributed by atoms with Gasteiger partial charge >= 0.3 is 0 Å². The van der Waals surface area contributed by atoms with Gasteiger partial charge in [0.15, 0.2) is 5.13 Å². The number of nitrogens with one attached hydrogen (secondary N) is 1. The fourth-order valence-electron chi connectivity index (χ4n) is 2.84. The van der Waals surface area contributed by atoms with E-state index in [1.165, 1.54) is 41.2 Å². The second kappa shape index (κ2) is 7.09. The number of fused-ring (bicyclic) bond motifs is 1. The standard InChI is InChI=1S/C17H23N3OS2/c1-10(2)9-14-18-11(3)15(23-14)16(21)20-17-19-12-7-5-4-6-8-13(12)22-17/h10H,4-9H2,1-3H3,(H,19,20,21). The quantitative estimate of drug-likeness (QED) is 0.819. The summed E-state index contributed by atoms with van der Waals surface area (Å²) in [4.78, 5) is 23.8. The second-order valence-electron chi connectivity index (χ2n) is 6.52. The molecule has 0 unspecified atom stereocenters. The fourth-order valence-corrected chi connectivity index (χ4v) is 5.05. The first-order valence-electron chi connectivity index (χ1n) is 8.29. The molecule has 0 saturated carbocycles. The van der Waals surface area contributed by atoms with Crippen molar-refractivity contribution in [2.45, 2.75) is 59.3 Å². The lowest BCUT2D eigenvalue weighted by molar-refractivity contribution is 0.103. The smallest absolute Gasteiger partial charge is 0.269 e. The van der Waals surface area contributed by atoms with E-state index in [1.54, 1.807) is 11.3 Å². The minimum atomic E-state index is -0.0704. The number of rotatable bonds is 4. The third-order valence-electron chi connectivity index (χ3n) is 3.95. The summed E-state index contributed by atoms with van der Waals surface area (Å²) in [5, 5.41) is 4.76. The minimum absolute atomic E-state index is 0.0704. The Bertz CT molecular complexity index is 679. The number of anilines is 1. The number of hydrogen-bond acceptors (Lipinski definition) is 5. The van der Waals surface area contributed by atoms with E-state index in [2.05, 4.69) is 29.1 Å². The Morgan fingerprint density at radius 1 is 1.17 bits per heavy atom. The number of carbonyl (C=O) groups is 1.